The highest BCUT2D eigenvalue weighted by Crippen LogP contribution is 2.27. The quantitative estimate of drug-likeness (QED) is 0.764. The predicted molar refractivity (Wildman–Crippen MR) is 86.7 cm³/mol. The topological polar surface area (TPSA) is 72.2 Å². The largest absolute Gasteiger partial charge is 0.356 e. The van der Waals surface area contributed by atoms with Gasteiger partial charge in [-0.2, -0.15) is 0 Å². The van der Waals surface area contributed by atoms with Crippen LogP contribution in [0.5, 0.6) is 0 Å². The first kappa shape index (κ1) is 15.1. The maximum absolute atomic E-state index is 12.3. The minimum absolute atomic E-state index is 0.223. The minimum atomic E-state index is -3.68. The second-order valence-corrected chi connectivity index (χ2v) is 7.18. The molecule has 0 radical (unpaired) electrons. The minimum Gasteiger partial charge on any atom is -0.356 e. The number of para-hydroxylation sites is 1. The average Bonchev–Trinajstić information content (AvgIpc) is 2.85. The summed E-state index contributed by atoms with van der Waals surface area (Å²) in [5, 5.41) is 5.12. The number of sulfonamides is 1. The summed E-state index contributed by atoms with van der Waals surface area (Å²) < 4.78 is 32.0. The summed E-state index contributed by atoms with van der Waals surface area (Å²) in [6, 6.07) is 11.6. The molecule has 3 aromatic rings. The molecule has 114 valence electrons. The zero-order valence-corrected chi connectivity index (χ0v) is 13.4. The molecule has 1 aromatic heterocycles. The third-order valence-electron chi connectivity index (χ3n) is 2.98. The first-order valence-electron chi connectivity index (χ1n) is 6.23. The fraction of sp³-hybridized carbons (Fsp3) is 0.0714. The number of aromatic nitrogens is 1. The molecule has 5 nitrogen and oxygen atoms in total. The van der Waals surface area contributed by atoms with E-state index in [0.29, 0.717) is 21.7 Å². The third kappa shape index (κ3) is 3.19. The molecule has 0 saturated heterocycles. The molecule has 0 bridgehead atoms. The van der Waals surface area contributed by atoms with Crippen LogP contribution in [0.25, 0.3) is 11.0 Å². The van der Waals surface area contributed by atoms with Gasteiger partial charge in [-0.3, -0.25) is 4.72 Å². The van der Waals surface area contributed by atoms with Crippen molar-refractivity contribution < 1.29 is 12.9 Å². The summed E-state index contributed by atoms with van der Waals surface area (Å²) in [5.74, 6) is -0.316. The van der Waals surface area contributed by atoms with Crippen LogP contribution < -0.4 is 4.72 Å². The number of nitrogens with one attached hydrogen (secondary N) is 1. The molecule has 0 aliphatic heterocycles. The van der Waals surface area contributed by atoms with Gasteiger partial charge in [0.05, 0.1) is 10.7 Å². The van der Waals surface area contributed by atoms with Crippen molar-refractivity contribution >= 4 is 49.9 Å². The summed E-state index contributed by atoms with van der Waals surface area (Å²) in [7, 11) is -3.68. The molecule has 0 aliphatic carbocycles. The second kappa shape index (κ2) is 5.79. The third-order valence-corrected chi connectivity index (χ3v) is 4.71. The van der Waals surface area contributed by atoms with Crippen LogP contribution in [0.2, 0.25) is 10.0 Å². The van der Waals surface area contributed by atoms with Crippen molar-refractivity contribution in [2.75, 3.05) is 4.72 Å². The SMILES string of the molecule is O=S(=O)(Cc1noc2ccccc12)Nc1ccc(Cl)cc1Cl. The highest BCUT2D eigenvalue weighted by atomic mass is 35.5. The van der Waals surface area contributed by atoms with E-state index >= 15 is 0 Å². The first-order valence-corrected chi connectivity index (χ1v) is 8.64. The standard InChI is InChI=1S/C14H10Cl2N2O3S/c15-9-5-6-12(11(16)7-9)18-22(19,20)8-13-10-3-1-2-4-14(10)21-17-13/h1-7,18H,8H2. The second-order valence-electron chi connectivity index (χ2n) is 4.61. The monoisotopic (exact) mass is 356 g/mol. The highest BCUT2D eigenvalue weighted by Gasteiger charge is 2.18. The first-order chi connectivity index (χ1) is 10.4. The van der Waals surface area contributed by atoms with Crippen LogP contribution in [-0.4, -0.2) is 13.6 Å². The number of anilines is 1. The summed E-state index contributed by atoms with van der Waals surface area (Å²) in [5.41, 5.74) is 1.14. The van der Waals surface area contributed by atoms with E-state index in [1.54, 1.807) is 30.3 Å². The Bertz CT molecular complexity index is 938. The van der Waals surface area contributed by atoms with Gasteiger partial charge in [0, 0.05) is 10.4 Å². The smallest absolute Gasteiger partial charge is 0.238 e. The Morgan fingerprint density at radius 3 is 2.68 bits per heavy atom. The molecule has 0 atom stereocenters. The van der Waals surface area contributed by atoms with Gasteiger partial charge in [-0.05, 0) is 30.3 Å². The Hall–Kier alpha value is -1.76. The number of halogens is 2. The Kier molecular flexibility index (Phi) is 3.99. The molecule has 22 heavy (non-hydrogen) atoms. The van der Waals surface area contributed by atoms with E-state index in [1.165, 1.54) is 12.1 Å². The number of hydrogen-bond acceptors (Lipinski definition) is 4. The Balaban J connectivity index is 1.87. The molecule has 2 aromatic carbocycles. The van der Waals surface area contributed by atoms with E-state index in [-0.39, 0.29) is 16.5 Å². The van der Waals surface area contributed by atoms with Gasteiger partial charge in [0.2, 0.25) is 10.0 Å². The summed E-state index contributed by atoms with van der Waals surface area (Å²) >= 11 is 11.8. The Morgan fingerprint density at radius 2 is 1.91 bits per heavy atom. The lowest BCUT2D eigenvalue weighted by molar-refractivity contribution is 0.448. The van der Waals surface area contributed by atoms with Crippen LogP contribution in [0.4, 0.5) is 5.69 Å². The number of rotatable bonds is 4. The Morgan fingerprint density at radius 1 is 1.14 bits per heavy atom. The van der Waals surface area contributed by atoms with Crippen LogP contribution in [-0.2, 0) is 15.8 Å². The zero-order valence-electron chi connectivity index (χ0n) is 11.1. The van der Waals surface area contributed by atoms with Crippen molar-refractivity contribution in [3.63, 3.8) is 0 Å². The van der Waals surface area contributed by atoms with Gasteiger partial charge in [0.1, 0.15) is 11.4 Å². The van der Waals surface area contributed by atoms with E-state index in [4.69, 9.17) is 27.7 Å². The molecule has 0 unspecified atom stereocenters. The van der Waals surface area contributed by atoms with Crippen molar-refractivity contribution in [3.8, 4) is 0 Å². The normalized spacial score (nSPS) is 11.7. The molecule has 1 N–H and O–H groups in total. The number of benzene rings is 2. The number of hydrogen-bond donors (Lipinski definition) is 1. The number of nitrogens with zero attached hydrogens (tertiary/aromatic N) is 1. The molecule has 1 heterocycles. The van der Waals surface area contributed by atoms with Crippen molar-refractivity contribution in [2.24, 2.45) is 0 Å². The predicted octanol–water partition coefficient (Wildman–Crippen LogP) is 4.08. The van der Waals surface area contributed by atoms with Crippen LogP contribution in [0, 0.1) is 0 Å². The van der Waals surface area contributed by atoms with Gasteiger partial charge < -0.3 is 4.52 Å². The molecular weight excluding hydrogens is 347 g/mol. The van der Waals surface area contributed by atoms with Crippen LogP contribution >= 0.6 is 23.2 Å². The van der Waals surface area contributed by atoms with Gasteiger partial charge in [-0.15, -0.1) is 0 Å². The molecule has 3 rings (SSSR count). The van der Waals surface area contributed by atoms with Crippen molar-refractivity contribution in [1.82, 2.24) is 5.16 Å². The van der Waals surface area contributed by atoms with Gasteiger partial charge >= 0.3 is 0 Å². The van der Waals surface area contributed by atoms with E-state index in [9.17, 15) is 8.42 Å². The van der Waals surface area contributed by atoms with Gasteiger partial charge in [-0.1, -0.05) is 40.5 Å². The van der Waals surface area contributed by atoms with Crippen LogP contribution in [0.1, 0.15) is 5.69 Å². The van der Waals surface area contributed by atoms with Gasteiger partial charge in [0.15, 0.2) is 5.58 Å². The maximum Gasteiger partial charge on any atom is 0.238 e. The van der Waals surface area contributed by atoms with Gasteiger partial charge in [0.25, 0.3) is 0 Å². The molecule has 0 saturated carbocycles. The lowest BCUT2D eigenvalue weighted by Gasteiger charge is -2.08. The average molecular weight is 357 g/mol. The summed E-state index contributed by atoms with van der Waals surface area (Å²) in [4.78, 5) is 0. The molecule has 0 aliphatic rings. The molecule has 0 spiro atoms. The fourth-order valence-corrected chi connectivity index (χ4v) is 3.66. The van der Waals surface area contributed by atoms with Crippen molar-refractivity contribution in [3.05, 3.63) is 58.2 Å². The van der Waals surface area contributed by atoms with E-state index in [0.717, 1.165) is 0 Å². The van der Waals surface area contributed by atoms with E-state index < -0.39 is 10.0 Å². The summed E-state index contributed by atoms with van der Waals surface area (Å²) in [6.07, 6.45) is 0. The molecular formula is C14H10Cl2N2O3S. The van der Waals surface area contributed by atoms with E-state index in [1.807, 2.05) is 0 Å². The highest BCUT2D eigenvalue weighted by molar-refractivity contribution is 7.91. The van der Waals surface area contributed by atoms with Crippen LogP contribution in [0.15, 0.2) is 47.0 Å². The fourth-order valence-electron chi connectivity index (χ4n) is 2.00. The summed E-state index contributed by atoms with van der Waals surface area (Å²) in [6.45, 7) is 0. The van der Waals surface area contributed by atoms with Crippen molar-refractivity contribution in [1.29, 1.82) is 0 Å². The zero-order chi connectivity index (χ0) is 15.7. The molecule has 0 fully saturated rings. The molecule has 0 amide bonds. The van der Waals surface area contributed by atoms with Gasteiger partial charge in [-0.25, -0.2) is 8.42 Å². The van der Waals surface area contributed by atoms with Crippen molar-refractivity contribution in [2.45, 2.75) is 5.75 Å². The van der Waals surface area contributed by atoms with Crippen LogP contribution in [0.3, 0.4) is 0 Å². The Labute approximate surface area is 136 Å². The maximum atomic E-state index is 12.3. The number of fused-ring (bicyclic) bond motifs is 1. The lowest BCUT2D eigenvalue weighted by Crippen LogP contribution is -2.15. The molecule has 8 heteroatoms. The lowest BCUT2D eigenvalue weighted by atomic mass is 10.2. The van der Waals surface area contributed by atoms with E-state index in [2.05, 4.69) is 9.88 Å².